The first-order valence-corrected chi connectivity index (χ1v) is 3.93. The zero-order valence-electron chi connectivity index (χ0n) is 6.64. The molecule has 10 heavy (non-hydrogen) atoms. The third-order valence-electron chi connectivity index (χ3n) is 1.35. The first-order valence-electron chi connectivity index (χ1n) is 3.93. The summed E-state index contributed by atoms with van der Waals surface area (Å²) < 4.78 is 0. The summed E-state index contributed by atoms with van der Waals surface area (Å²) in [5, 5.41) is 8.17. The van der Waals surface area contributed by atoms with Gasteiger partial charge in [0.2, 0.25) is 0 Å². The standard InChI is InChI=1S/C9H15N/c1-2-3-4-5-6-7-8-9-10/h6-7H,2-5,8H2,1H3. The van der Waals surface area contributed by atoms with Gasteiger partial charge in [-0.05, 0) is 12.8 Å². The summed E-state index contributed by atoms with van der Waals surface area (Å²) in [7, 11) is 0. The van der Waals surface area contributed by atoms with Crippen LogP contribution in [0.25, 0.3) is 0 Å². The summed E-state index contributed by atoms with van der Waals surface area (Å²) in [5.41, 5.74) is 0. The molecule has 56 valence electrons. The molecule has 0 aromatic heterocycles. The van der Waals surface area contributed by atoms with Gasteiger partial charge in [-0.15, -0.1) is 0 Å². The van der Waals surface area contributed by atoms with E-state index in [1.807, 2.05) is 6.08 Å². The van der Waals surface area contributed by atoms with Crippen molar-refractivity contribution in [2.45, 2.75) is 39.0 Å². The van der Waals surface area contributed by atoms with Gasteiger partial charge in [-0.1, -0.05) is 31.9 Å². The SMILES string of the molecule is CCCCCC=CCC#N. The van der Waals surface area contributed by atoms with Gasteiger partial charge in [0.25, 0.3) is 0 Å². The Kier molecular flexibility index (Phi) is 7.60. The molecule has 0 radical (unpaired) electrons. The summed E-state index contributed by atoms with van der Waals surface area (Å²) in [6.45, 7) is 2.19. The van der Waals surface area contributed by atoms with Crippen molar-refractivity contribution < 1.29 is 0 Å². The smallest absolute Gasteiger partial charge is 0.0663 e. The molecular formula is C9H15N. The van der Waals surface area contributed by atoms with E-state index >= 15 is 0 Å². The van der Waals surface area contributed by atoms with Crippen molar-refractivity contribution >= 4 is 0 Å². The van der Waals surface area contributed by atoms with Gasteiger partial charge >= 0.3 is 0 Å². The summed E-state index contributed by atoms with van der Waals surface area (Å²) in [4.78, 5) is 0. The third-order valence-corrected chi connectivity index (χ3v) is 1.35. The molecule has 0 rings (SSSR count). The Morgan fingerprint density at radius 3 is 2.70 bits per heavy atom. The van der Waals surface area contributed by atoms with Gasteiger partial charge in [-0.2, -0.15) is 5.26 Å². The molecule has 0 saturated carbocycles. The van der Waals surface area contributed by atoms with Crippen LogP contribution in [-0.2, 0) is 0 Å². The molecule has 0 aliphatic carbocycles. The molecule has 0 aliphatic heterocycles. The number of unbranched alkanes of at least 4 members (excludes halogenated alkanes) is 3. The van der Waals surface area contributed by atoms with Crippen molar-refractivity contribution in [3.63, 3.8) is 0 Å². The largest absolute Gasteiger partial charge is 0.198 e. The Balaban J connectivity index is 2.97. The first-order chi connectivity index (χ1) is 4.91. The van der Waals surface area contributed by atoms with Crippen LogP contribution in [0.15, 0.2) is 12.2 Å². The van der Waals surface area contributed by atoms with Gasteiger partial charge in [-0.25, -0.2) is 0 Å². The van der Waals surface area contributed by atoms with Gasteiger partial charge in [0.05, 0.1) is 12.5 Å². The van der Waals surface area contributed by atoms with Gasteiger partial charge in [-0.3, -0.25) is 0 Å². The van der Waals surface area contributed by atoms with E-state index in [-0.39, 0.29) is 0 Å². The highest BCUT2D eigenvalue weighted by atomic mass is 14.2. The zero-order valence-corrected chi connectivity index (χ0v) is 6.64. The maximum atomic E-state index is 8.17. The second-order valence-corrected chi connectivity index (χ2v) is 2.33. The molecule has 0 spiro atoms. The number of hydrogen-bond acceptors (Lipinski definition) is 1. The zero-order chi connectivity index (χ0) is 7.66. The van der Waals surface area contributed by atoms with Crippen molar-refractivity contribution in [1.82, 2.24) is 0 Å². The lowest BCUT2D eigenvalue weighted by atomic mass is 10.2. The molecule has 0 N–H and O–H groups in total. The Labute approximate surface area is 63.4 Å². The number of nitrogens with zero attached hydrogens (tertiary/aromatic N) is 1. The summed E-state index contributed by atoms with van der Waals surface area (Å²) in [5.74, 6) is 0. The van der Waals surface area contributed by atoms with Crippen LogP contribution in [0.3, 0.4) is 0 Å². The van der Waals surface area contributed by atoms with Crippen LogP contribution in [0.5, 0.6) is 0 Å². The number of hydrogen-bond donors (Lipinski definition) is 0. The van der Waals surface area contributed by atoms with E-state index in [0.29, 0.717) is 6.42 Å². The molecule has 0 aliphatic rings. The molecule has 1 nitrogen and oxygen atoms in total. The van der Waals surface area contributed by atoms with E-state index < -0.39 is 0 Å². The second kappa shape index (κ2) is 8.23. The summed E-state index contributed by atoms with van der Waals surface area (Å²) >= 11 is 0. The minimum absolute atomic E-state index is 0.562. The minimum atomic E-state index is 0.562. The van der Waals surface area contributed by atoms with E-state index in [2.05, 4.69) is 19.1 Å². The van der Waals surface area contributed by atoms with Crippen LogP contribution in [0.2, 0.25) is 0 Å². The highest BCUT2D eigenvalue weighted by Gasteiger charge is 1.80. The van der Waals surface area contributed by atoms with Crippen LogP contribution < -0.4 is 0 Å². The van der Waals surface area contributed by atoms with Gasteiger partial charge in [0.1, 0.15) is 0 Å². The second-order valence-electron chi connectivity index (χ2n) is 2.33. The van der Waals surface area contributed by atoms with Crippen LogP contribution >= 0.6 is 0 Å². The third kappa shape index (κ3) is 7.23. The fraction of sp³-hybridized carbons (Fsp3) is 0.667. The predicted octanol–water partition coefficient (Wildman–Crippen LogP) is 3.04. The minimum Gasteiger partial charge on any atom is -0.198 e. The fourth-order valence-corrected chi connectivity index (χ4v) is 0.766. The van der Waals surface area contributed by atoms with Crippen molar-refractivity contribution in [1.29, 1.82) is 5.26 Å². The average Bonchev–Trinajstić information content (AvgIpc) is 1.97. The maximum absolute atomic E-state index is 8.17. The Morgan fingerprint density at radius 2 is 2.10 bits per heavy atom. The van der Waals surface area contributed by atoms with E-state index in [4.69, 9.17) is 5.26 Å². The van der Waals surface area contributed by atoms with Crippen LogP contribution in [-0.4, -0.2) is 0 Å². The highest BCUT2D eigenvalue weighted by molar-refractivity contribution is 4.90. The molecular weight excluding hydrogens is 122 g/mol. The Morgan fingerprint density at radius 1 is 1.30 bits per heavy atom. The lowest BCUT2D eigenvalue weighted by Crippen LogP contribution is -1.70. The predicted molar refractivity (Wildman–Crippen MR) is 43.5 cm³/mol. The topological polar surface area (TPSA) is 23.8 Å². The maximum Gasteiger partial charge on any atom is 0.0663 e. The molecule has 0 aromatic rings. The van der Waals surface area contributed by atoms with Crippen LogP contribution in [0.1, 0.15) is 39.0 Å². The molecule has 0 unspecified atom stereocenters. The average molecular weight is 137 g/mol. The van der Waals surface area contributed by atoms with Gasteiger partial charge in [0, 0.05) is 0 Å². The quantitative estimate of drug-likeness (QED) is 0.422. The van der Waals surface area contributed by atoms with E-state index in [0.717, 1.165) is 6.42 Å². The molecule has 0 atom stereocenters. The molecule has 0 saturated heterocycles. The Bertz CT molecular complexity index is 119. The van der Waals surface area contributed by atoms with Crippen molar-refractivity contribution in [2.75, 3.05) is 0 Å². The van der Waals surface area contributed by atoms with Crippen molar-refractivity contribution in [3.8, 4) is 6.07 Å². The highest BCUT2D eigenvalue weighted by Crippen LogP contribution is 1.99. The first kappa shape index (κ1) is 9.23. The van der Waals surface area contributed by atoms with Crippen molar-refractivity contribution in [2.24, 2.45) is 0 Å². The Hall–Kier alpha value is -0.770. The number of nitriles is 1. The lowest BCUT2D eigenvalue weighted by molar-refractivity contribution is 0.728. The molecule has 0 bridgehead atoms. The van der Waals surface area contributed by atoms with Gasteiger partial charge in [0.15, 0.2) is 0 Å². The number of rotatable bonds is 5. The van der Waals surface area contributed by atoms with E-state index in [9.17, 15) is 0 Å². The normalized spacial score (nSPS) is 10.0. The van der Waals surface area contributed by atoms with Crippen LogP contribution in [0, 0.1) is 11.3 Å². The molecule has 0 amide bonds. The summed E-state index contributed by atoms with van der Waals surface area (Å²) in [6.07, 6.45) is 9.57. The van der Waals surface area contributed by atoms with Crippen molar-refractivity contribution in [3.05, 3.63) is 12.2 Å². The van der Waals surface area contributed by atoms with E-state index in [1.54, 1.807) is 0 Å². The van der Waals surface area contributed by atoms with Gasteiger partial charge < -0.3 is 0 Å². The van der Waals surface area contributed by atoms with Crippen LogP contribution in [0.4, 0.5) is 0 Å². The molecule has 0 heterocycles. The molecule has 0 fully saturated rings. The van der Waals surface area contributed by atoms with E-state index in [1.165, 1.54) is 19.3 Å². The molecule has 1 heteroatoms. The summed E-state index contributed by atoms with van der Waals surface area (Å²) in [6, 6.07) is 2.07. The monoisotopic (exact) mass is 137 g/mol. The number of allylic oxidation sites excluding steroid dienone is 2. The fourth-order valence-electron chi connectivity index (χ4n) is 0.766. The molecule has 0 aromatic carbocycles. The lowest BCUT2D eigenvalue weighted by Gasteiger charge is -1.89.